The van der Waals surface area contributed by atoms with Crippen LogP contribution in [0.4, 0.5) is 0 Å². The minimum absolute atomic E-state index is 0.0219. The van der Waals surface area contributed by atoms with Gasteiger partial charge in [0.2, 0.25) is 0 Å². The molecule has 5 heteroatoms. The van der Waals surface area contributed by atoms with Crippen LogP contribution in [0.25, 0.3) is 0 Å². The van der Waals surface area contributed by atoms with E-state index in [0.717, 1.165) is 31.4 Å². The number of carbonyl (C=O) groups excluding carboxylic acids is 2. The van der Waals surface area contributed by atoms with Gasteiger partial charge in [0.25, 0.3) is 0 Å². The topological polar surface area (TPSA) is 52.6 Å². The van der Waals surface area contributed by atoms with Crippen molar-refractivity contribution in [3.05, 3.63) is 64.2 Å². The molecule has 0 N–H and O–H groups in total. The average molecular weight is 387 g/mol. The molecule has 2 aromatic carbocycles. The van der Waals surface area contributed by atoms with Crippen molar-refractivity contribution in [2.45, 2.75) is 38.2 Å². The van der Waals surface area contributed by atoms with Crippen LogP contribution in [0, 0.1) is 0 Å². The molecule has 0 radical (unpaired) electrons. The molecule has 2 aromatic rings. The predicted molar refractivity (Wildman–Crippen MR) is 105 cm³/mol. The van der Waals surface area contributed by atoms with Crippen LogP contribution in [0.1, 0.15) is 52.0 Å². The van der Waals surface area contributed by atoms with Gasteiger partial charge in [0.15, 0.2) is 11.6 Å². The fraction of sp³-hybridized carbons (Fsp3) is 0.364. The number of ketones is 2. The first-order valence-electron chi connectivity index (χ1n) is 9.17. The molecule has 3 rings (SSSR count). The van der Waals surface area contributed by atoms with Gasteiger partial charge >= 0.3 is 0 Å². The second kappa shape index (κ2) is 9.16. The zero-order chi connectivity index (χ0) is 19.2. The van der Waals surface area contributed by atoms with Crippen molar-refractivity contribution in [3.63, 3.8) is 0 Å². The highest BCUT2D eigenvalue weighted by Crippen LogP contribution is 2.24. The number of benzene rings is 2. The van der Waals surface area contributed by atoms with E-state index in [2.05, 4.69) is 0 Å². The molecule has 142 valence electrons. The Morgan fingerprint density at radius 2 is 1.93 bits per heavy atom. The largest absolute Gasteiger partial charge is 0.496 e. The van der Waals surface area contributed by atoms with E-state index in [9.17, 15) is 9.59 Å². The van der Waals surface area contributed by atoms with E-state index in [1.54, 1.807) is 30.3 Å². The summed E-state index contributed by atoms with van der Waals surface area (Å²) in [6.07, 6.45) is 3.62. The molecule has 0 amide bonds. The monoisotopic (exact) mass is 386 g/mol. The lowest BCUT2D eigenvalue weighted by molar-refractivity contribution is 0.0859. The van der Waals surface area contributed by atoms with Crippen molar-refractivity contribution in [2.75, 3.05) is 13.7 Å². The van der Waals surface area contributed by atoms with E-state index in [1.807, 2.05) is 12.1 Å². The van der Waals surface area contributed by atoms with E-state index < -0.39 is 0 Å². The Kier molecular flexibility index (Phi) is 6.64. The second-order valence-corrected chi connectivity index (χ2v) is 7.17. The van der Waals surface area contributed by atoms with Crippen molar-refractivity contribution in [3.8, 4) is 5.75 Å². The summed E-state index contributed by atoms with van der Waals surface area (Å²) in [4.78, 5) is 25.3. The highest BCUT2D eigenvalue weighted by atomic mass is 35.5. The smallest absolute Gasteiger partial charge is 0.170 e. The Morgan fingerprint density at radius 1 is 1.15 bits per heavy atom. The number of Topliss-reactive ketones (excluding diaryl/α,β-unsaturated/α-hetero) is 2. The fourth-order valence-electron chi connectivity index (χ4n) is 3.29. The lowest BCUT2D eigenvalue weighted by Crippen LogP contribution is -2.11. The maximum atomic E-state index is 12.8. The maximum absolute atomic E-state index is 12.8. The van der Waals surface area contributed by atoms with Crippen LogP contribution in [0.5, 0.6) is 5.75 Å². The maximum Gasteiger partial charge on any atom is 0.170 e. The SMILES string of the molecule is COc1ccc(C(=O)CCC2CCCO2)cc1C(=O)Cc1ccc(Cl)cc1. The Labute approximate surface area is 164 Å². The van der Waals surface area contributed by atoms with Crippen LogP contribution in [-0.4, -0.2) is 31.4 Å². The minimum atomic E-state index is -0.0945. The summed E-state index contributed by atoms with van der Waals surface area (Å²) < 4.78 is 10.9. The number of carbonyl (C=O) groups is 2. The quantitative estimate of drug-likeness (QED) is 0.604. The first kappa shape index (κ1) is 19.6. The third-order valence-electron chi connectivity index (χ3n) is 4.82. The molecule has 1 fully saturated rings. The van der Waals surface area contributed by atoms with Crippen LogP contribution in [0.3, 0.4) is 0 Å². The molecular formula is C22H23ClO4. The van der Waals surface area contributed by atoms with Gasteiger partial charge in [-0.25, -0.2) is 0 Å². The summed E-state index contributed by atoms with van der Waals surface area (Å²) in [6, 6.07) is 12.2. The molecule has 1 atom stereocenters. The van der Waals surface area contributed by atoms with E-state index in [4.69, 9.17) is 21.1 Å². The van der Waals surface area contributed by atoms with Crippen molar-refractivity contribution in [2.24, 2.45) is 0 Å². The normalized spacial score (nSPS) is 16.3. The molecule has 1 aliphatic rings. The van der Waals surface area contributed by atoms with Crippen molar-refractivity contribution < 1.29 is 19.1 Å². The van der Waals surface area contributed by atoms with Gasteiger partial charge in [-0.1, -0.05) is 23.7 Å². The number of rotatable bonds is 8. The summed E-state index contributed by atoms with van der Waals surface area (Å²) in [5.41, 5.74) is 1.82. The molecule has 1 unspecified atom stereocenters. The first-order valence-corrected chi connectivity index (χ1v) is 9.55. The molecule has 4 nitrogen and oxygen atoms in total. The lowest BCUT2D eigenvalue weighted by Gasteiger charge is -2.11. The van der Waals surface area contributed by atoms with Gasteiger partial charge in [-0.3, -0.25) is 9.59 Å². The number of hydrogen-bond acceptors (Lipinski definition) is 4. The van der Waals surface area contributed by atoms with Gasteiger partial charge in [0.05, 0.1) is 18.8 Å². The average Bonchev–Trinajstić information content (AvgIpc) is 3.21. The third kappa shape index (κ3) is 5.18. The van der Waals surface area contributed by atoms with E-state index in [1.165, 1.54) is 7.11 Å². The molecule has 0 aliphatic carbocycles. The van der Waals surface area contributed by atoms with Gasteiger partial charge < -0.3 is 9.47 Å². The summed E-state index contributed by atoms with van der Waals surface area (Å²) in [5, 5.41) is 0.627. The summed E-state index contributed by atoms with van der Waals surface area (Å²) in [5.74, 6) is 0.404. The second-order valence-electron chi connectivity index (χ2n) is 6.74. The zero-order valence-electron chi connectivity index (χ0n) is 15.4. The third-order valence-corrected chi connectivity index (χ3v) is 5.07. The summed E-state index contributed by atoms with van der Waals surface area (Å²) >= 11 is 5.89. The van der Waals surface area contributed by atoms with Gasteiger partial charge in [-0.15, -0.1) is 0 Å². The van der Waals surface area contributed by atoms with Gasteiger partial charge in [-0.05, 0) is 55.2 Å². The Bertz CT molecular complexity index is 808. The molecule has 0 aromatic heterocycles. The number of methoxy groups -OCH3 is 1. The molecular weight excluding hydrogens is 364 g/mol. The number of halogens is 1. The van der Waals surface area contributed by atoms with Crippen molar-refractivity contribution in [1.29, 1.82) is 0 Å². The Hall–Kier alpha value is -2.17. The lowest BCUT2D eigenvalue weighted by atomic mass is 9.97. The zero-order valence-corrected chi connectivity index (χ0v) is 16.1. The highest BCUT2D eigenvalue weighted by molar-refractivity contribution is 6.30. The van der Waals surface area contributed by atoms with E-state index in [0.29, 0.717) is 28.3 Å². The number of ether oxygens (including phenoxy) is 2. The molecule has 1 heterocycles. The van der Waals surface area contributed by atoms with Crippen LogP contribution >= 0.6 is 11.6 Å². The fourth-order valence-corrected chi connectivity index (χ4v) is 3.42. The van der Waals surface area contributed by atoms with E-state index in [-0.39, 0.29) is 24.1 Å². The standard InChI is InChI=1S/C22H23ClO4/c1-26-22-11-6-16(20(24)10-9-18-3-2-12-27-18)14-19(22)21(25)13-15-4-7-17(23)8-5-15/h4-8,11,14,18H,2-3,9-10,12-13H2,1H3. The van der Waals surface area contributed by atoms with Crippen molar-refractivity contribution in [1.82, 2.24) is 0 Å². The minimum Gasteiger partial charge on any atom is -0.496 e. The number of hydrogen-bond donors (Lipinski definition) is 0. The molecule has 1 saturated heterocycles. The molecule has 1 aliphatic heterocycles. The Balaban J connectivity index is 1.72. The molecule has 0 bridgehead atoms. The Morgan fingerprint density at radius 3 is 2.59 bits per heavy atom. The van der Waals surface area contributed by atoms with Crippen LogP contribution in [-0.2, 0) is 11.2 Å². The van der Waals surface area contributed by atoms with Gasteiger partial charge in [-0.2, -0.15) is 0 Å². The van der Waals surface area contributed by atoms with Crippen LogP contribution < -0.4 is 4.74 Å². The van der Waals surface area contributed by atoms with Crippen molar-refractivity contribution >= 4 is 23.2 Å². The van der Waals surface area contributed by atoms with E-state index >= 15 is 0 Å². The van der Waals surface area contributed by atoms with Crippen LogP contribution in [0.2, 0.25) is 5.02 Å². The first-order chi connectivity index (χ1) is 13.1. The highest BCUT2D eigenvalue weighted by Gasteiger charge is 2.19. The predicted octanol–water partition coefficient (Wildman–Crippen LogP) is 4.92. The van der Waals surface area contributed by atoms with Crippen LogP contribution in [0.15, 0.2) is 42.5 Å². The summed E-state index contributed by atoms with van der Waals surface area (Å²) in [6.45, 7) is 0.782. The molecule has 0 saturated carbocycles. The van der Waals surface area contributed by atoms with Gasteiger partial charge in [0.1, 0.15) is 5.75 Å². The van der Waals surface area contributed by atoms with Gasteiger partial charge in [0, 0.05) is 30.0 Å². The molecule has 27 heavy (non-hydrogen) atoms. The molecule has 0 spiro atoms. The summed E-state index contributed by atoms with van der Waals surface area (Å²) in [7, 11) is 1.52.